The van der Waals surface area contributed by atoms with Gasteiger partial charge in [0.1, 0.15) is 0 Å². The van der Waals surface area contributed by atoms with E-state index >= 15 is 0 Å². The van der Waals surface area contributed by atoms with Crippen molar-refractivity contribution in [3.63, 3.8) is 0 Å². The Balaban J connectivity index is 1.77. The molecule has 2 heterocycles. The minimum Gasteiger partial charge on any atom is -0.503 e. The molecule has 214 valence electrons. The van der Waals surface area contributed by atoms with Gasteiger partial charge in [-0.05, 0) is 49.3 Å². The van der Waals surface area contributed by atoms with Crippen molar-refractivity contribution in [1.29, 1.82) is 0 Å². The van der Waals surface area contributed by atoms with E-state index in [9.17, 15) is 14.7 Å². The standard InChI is InChI=1S/C31H38N2O7/c1-6-9-17-39-22-14-13-20(18-24(22)38-5)27-26(29(35)31(36)33(27)16-15-32(7-2)8-3)28(34)25-19-21-11-10-12-23(37-4)30(21)40-25/h10-14,18-19,27,35H,6-9,15-17H2,1-5H3. The number of carbonyl (C=O) groups excluding carboxylic acids is 2. The molecule has 0 fully saturated rings. The molecule has 0 radical (unpaired) electrons. The molecule has 1 unspecified atom stereocenters. The van der Waals surface area contributed by atoms with E-state index in [-0.39, 0.29) is 11.3 Å². The zero-order chi connectivity index (χ0) is 28.8. The number of carbonyl (C=O) groups is 2. The third-order valence-corrected chi connectivity index (χ3v) is 7.31. The average molecular weight is 551 g/mol. The van der Waals surface area contributed by atoms with Gasteiger partial charge >= 0.3 is 0 Å². The molecular formula is C31H38N2O7. The van der Waals surface area contributed by atoms with Gasteiger partial charge in [-0.3, -0.25) is 9.59 Å². The summed E-state index contributed by atoms with van der Waals surface area (Å²) in [6.45, 7) is 9.26. The molecule has 1 amide bonds. The van der Waals surface area contributed by atoms with Crippen molar-refractivity contribution >= 4 is 22.7 Å². The summed E-state index contributed by atoms with van der Waals surface area (Å²) in [5, 5.41) is 11.8. The Bertz CT molecular complexity index is 1390. The van der Waals surface area contributed by atoms with Crippen LogP contribution in [0.1, 0.15) is 55.8 Å². The van der Waals surface area contributed by atoms with Crippen molar-refractivity contribution < 1.29 is 33.3 Å². The van der Waals surface area contributed by atoms with Gasteiger partial charge in [0.15, 0.2) is 34.4 Å². The van der Waals surface area contributed by atoms with Gasteiger partial charge in [0.2, 0.25) is 5.78 Å². The number of para-hydroxylation sites is 1. The lowest BCUT2D eigenvalue weighted by Gasteiger charge is -2.29. The van der Waals surface area contributed by atoms with E-state index in [1.165, 1.54) is 12.0 Å². The molecule has 4 rings (SSSR count). The van der Waals surface area contributed by atoms with Crippen LogP contribution < -0.4 is 14.2 Å². The Morgan fingerprint density at radius 1 is 1.02 bits per heavy atom. The van der Waals surface area contributed by atoms with Crippen molar-refractivity contribution in [2.75, 3.05) is 47.0 Å². The van der Waals surface area contributed by atoms with Crippen LogP contribution in [0.5, 0.6) is 17.2 Å². The summed E-state index contributed by atoms with van der Waals surface area (Å²) in [5.41, 5.74) is 1.00. The lowest BCUT2D eigenvalue weighted by Crippen LogP contribution is -2.38. The van der Waals surface area contributed by atoms with Crippen LogP contribution >= 0.6 is 0 Å². The number of unbranched alkanes of at least 4 members (excludes halogenated alkanes) is 1. The molecule has 0 saturated heterocycles. The first-order chi connectivity index (χ1) is 19.4. The topological polar surface area (TPSA) is 102 Å². The average Bonchev–Trinajstić information content (AvgIpc) is 3.52. The largest absolute Gasteiger partial charge is 0.503 e. The third-order valence-electron chi connectivity index (χ3n) is 7.31. The van der Waals surface area contributed by atoms with Crippen molar-refractivity contribution in [2.24, 2.45) is 0 Å². The highest BCUT2D eigenvalue weighted by Crippen LogP contribution is 2.42. The summed E-state index contributed by atoms with van der Waals surface area (Å²) < 4.78 is 22.8. The number of hydrogen-bond donors (Lipinski definition) is 1. The van der Waals surface area contributed by atoms with Crippen LogP contribution in [-0.2, 0) is 4.79 Å². The highest BCUT2D eigenvalue weighted by atomic mass is 16.5. The number of aliphatic hydroxyl groups excluding tert-OH is 1. The molecule has 0 aliphatic carbocycles. The molecule has 1 atom stereocenters. The van der Waals surface area contributed by atoms with Gasteiger partial charge < -0.3 is 33.5 Å². The van der Waals surface area contributed by atoms with Gasteiger partial charge in [-0.25, -0.2) is 0 Å². The molecule has 1 aliphatic heterocycles. The number of fused-ring (bicyclic) bond motifs is 1. The smallest absolute Gasteiger partial charge is 0.290 e. The van der Waals surface area contributed by atoms with E-state index < -0.39 is 23.5 Å². The second kappa shape index (κ2) is 12.9. The third kappa shape index (κ3) is 5.65. The molecule has 3 aromatic rings. The van der Waals surface area contributed by atoms with Crippen LogP contribution in [0.25, 0.3) is 11.0 Å². The fourth-order valence-corrected chi connectivity index (χ4v) is 4.99. The summed E-state index contributed by atoms with van der Waals surface area (Å²) in [4.78, 5) is 31.1. The first-order valence-electron chi connectivity index (χ1n) is 13.8. The summed E-state index contributed by atoms with van der Waals surface area (Å²) in [7, 11) is 3.07. The Hall–Kier alpha value is -3.98. The summed E-state index contributed by atoms with van der Waals surface area (Å²) >= 11 is 0. The number of aliphatic hydroxyl groups is 1. The van der Waals surface area contributed by atoms with E-state index in [0.717, 1.165) is 25.9 Å². The number of methoxy groups -OCH3 is 2. The van der Waals surface area contributed by atoms with Crippen LogP contribution in [0.2, 0.25) is 0 Å². The van der Waals surface area contributed by atoms with Crippen LogP contribution in [0.15, 0.2) is 58.2 Å². The van der Waals surface area contributed by atoms with E-state index in [1.807, 2.05) is 6.07 Å². The molecule has 1 aliphatic rings. The van der Waals surface area contributed by atoms with E-state index in [2.05, 4.69) is 25.7 Å². The highest BCUT2D eigenvalue weighted by Gasteiger charge is 2.44. The molecule has 40 heavy (non-hydrogen) atoms. The second-order valence-electron chi connectivity index (χ2n) is 9.62. The van der Waals surface area contributed by atoms with Crippen molar-refractivity contribution in [2.45, 2.75) is 39.7 Å². The van der Waals surface area contributed by atoms with E-state index in [4.69, 9.17) is 18.6 Å². The second-order valence-corrected chi connectivity index (χ2v) is 9.62. The van der Waals surface area contributed by atoms with Crippen molar-refractivity contribution in [1.82, 2.24) is 9.80 Å². The van der Waals surface area contributed by atoms with Crippen LogP contribution in [0.3, 0.4) is 0 Å². The maximum Gasteiger partial charge on any atom is 0.290 e. The van der Waals surface area contributed by atoms with E-state index in [0.29, 0.717) is 53.5 Å². The number of likely N-dealkylation sites (N-methyl/N-ethyl adjacent to an activating group) is 1. The molecule has 9 heteroatoms. The number of rotatable bonds is 14. The minimum atomic E-state index is -0.843. The van der Waals surface area contributed by atoms with Crippen molar-refractivity contribution in [3.05, 3.63) is 65.1 Å². The van der Waals surface area contributed by atoms with E-state index in [1.54, 1.807) is 43.5 Å². The lowest BCUT2D eigenvalue weighted by molar-refractivity contribution is -0.129. The monoisotopic (exact) mass is 550 g/mol. The number of ketones is 1. The number of amides is 1. The number of Topliss-reactive ketones (excluding diaryl/α,β-unsaturated/α-hetero) is 1. The number of nitrogens with zero attached hydrogens (tertiary/aromatic N) is 2. The molecule has 0 bridgehead atoms. The van der Waals surface area contributed by atoms with Gasteiger partial charge in [0.05, 0.1) is 32.4 Å². The molecular weight excluding hydrogens is 512 g/mol. The van der Waals surface area contributed by atoms with Gasteiger partial charge in [-0.2, -0.15) is 0 Å². The van der Waals surface area contributed by atoms with Gasteiger partial charge in [0, 0.05) is 18.5 Å². The molecule has 0 spiro atoms. The predicted octanol–water partition coefficient (Wildman–Crippen LogP) is 5.55. The first-order valence-corrected chi connectivity index (χ1v) is 13.8. The zero-order valence-electron chi connectivity index (χ0n) is 23.9. The van der Waals surface area contributed by atoms with Crippen LogP contribution in [0.4, 0.5) is 0 Å². The van der Waals surface area contributed by atoms with Crippen LogP contribution in [0, 0.1) is 0 Å². The van der Waals surface area contributed by atoms with Crippen molar-refractivity contribution in [3.8, 4) is 17.2 Å². The number of hydrogen-bond acceptors (Lipinski definition) is 8. The van der Waals surface area contributed by atoms with Gasteiger partial charge in [-0.15, -0.1) is 0 Å². The molecule has 0 saturated carbocycles. The summed E-state index contributed by atoms with van der Waals surface area (Å²) in [6.07, 6.45) is 1.90. The quantitative estimate of drug-likeness (QED) is 0.206. The Morgan fingerprint density at radius 2 is 1.77 bits per heavy atom. The normalized spacial score (nSPS) is 15.4. The van der Waals surface area contributed by atoms with Gasteiger partial charge in [0.25, 0.3) is 5.91 Å². The number of ether oxygens (including phenoxy) is 3. The Morgan fingerprint density at radius 3 is 2.45 bits per heavy atom. The van der Waals surface area contributed by atoms with Crippen LogP contribution in [-0.4, -0.2) is 73.6 Å². The Labute approximate surface area is 234 Å². The fourth-order valence-electron chi connectivity index (χ4n) is 4.99. The summed E-state index contributed by atoms with van der Waals surface area (Å²) in [6, 6.07) is 11.5. The SMILES string of the molecule is CCCCOc1ccc(C2C(C(=O)c3cc4cccc(OC)c4o3)=C(O)C(=O)N2CCN(CC)CC)cc1OC. The number of benzene rings is 2. The molecule has 1 aromatic heterocycles. The van der Waals surface area contributed by atoms with Gasteiger partial charge in [-0.1, -0.05) is 45.4 Å². The first kappa shape index (κ1) is 29.0. The minimum absolute atomic E-state index is 0.0101. The molecule has 1 N–H and O–H groups in total. The number of furan rings is 1. The lowest BCUT2D eigenvalue weighted by atomic mass is 9.94. The Kier molecular flexibility index (Phi) is 9.37. The highest BCUT2D eigenvalue weighted by molar-refractivity contribution is 6.16. The molecule has 2 aromatic carbocycles. The maximum absolute atomic E-state index is 14.0. The summed E-state index contributed by atoms with van der Waals surface area (Å²) in [5.74, 6) is -0.197. The predicted molar refractivity (Wildman–Crippen MR) is 152 cm³/mol. The maximum atomic E-state index is 14.0. The zero-order valence-corrected chi connectivity index (χ0v) is 23.9. The molecule has 9 nitrogen and oxygen atoms in total. The fraction of sp³-hybridized carbons (Fsp3) is 0.419.